The second kappa shape index (κ2) is 12.2. The van der Waals surface area contributed by atoms with Crippen molar-refractivity contribution in [2.45, 2.75) is 31.3 Å². The number of nitrogens with zero attached hydrogens (tertiary/aromatic N) is 2. The van der Waals surface area contributed by atoms with Crippen molar-refractivity contribution in [1.29, 1.82) is 0 Å². The minimum atomic E-state index is -4.19. The number of benzene rings is 3. The predicted octanol–water partition coefficient (Wildman–Crippen LogP) is 5.31. The molecule has 0 saturated carbocycles. The first-order chi connectivity index (χ1) is 17.4. The number of hydrogen-bond donors (Lipinski definition) is 1. The first-order valence-corrected chi connectivity index (χ1v) is 13.8. The number of nitrogens with one attached hydrogen (secondary N) is 1. The minimum absolute atomic E-state index is 0.000531. The van der Waals surface area contributed by atoms with Gasteiger partial charge in [-0.1, -0.05) is 64.6 Å². The molecule has 11 heteroatoms. The van der Waals surface area contributed by atoms with Crippen LogP contribution >= 0.6 is 34.8 Å². The maximum absolute atomic E-state index is 13.7. The second-order valence-electron chi connectivity index (χ2n) is 8.36. The van der Waals surface area contributed by atoms with Crippen LogP contribution in [-0.4, -0.2) is 44.8 Å². The van der Waals surface area contributed by atoms with Gasteiger partial charge in [0.2, 0.25) is 11.8 Å². The van der Waals surface area contributed by atoms with E-state index in [0.29, 0.717) is 5.02 Å². The third kappa shape index (κ3) is 6.96. The van der Waals surface area contributed by atoms with Gasteiger partial charge in [-0.15, -0.1) is 0 Å². The quantitative estimate of drug-likeness (QED) is 0.370. The van der Waals surface area contributed by atoms with E-state index in [4.69, 9.17) is 34.8 Å². The van der Waals surface area contributed by atoms with E-state index in [1.54, 1.807) is 43.3 Å². The summed E-state index contributed by atoms with van der Waals surface area (Å²) in [6, 6.07) is 16.5. The van der Waals surface area contributed by atoms with E-state index < -0.39 is 34.4 Å². The molecule has 0 unspecified atom stereocenters. The highest BCUT2D eigenvalue weighted by Gasteiger charge is 2.32. The maximum atomic E-state index is 13.7. The lowest BCUT2D eigenvalue weighted by Crippen LogP contribution is -2.50. The van der Waals surface area contributed by atoms with Crippen molar-refractivity contribution < 1.29 is 18.0 Å². The fourth-order valence-corrected chi connectivity index (χ4v) is 5.41. The molecule has 0 spiro atoms. The van der Waals surface area contributed by atoms with Crippen molar-refractivity contribution in [3.05, 3.63) is 92.9 Å². The number of sulfonamides is 1. The third-order valence-corrected chi connectivity index (χ3v) is 8.54. The highest BCUT2D eigenvalue weighted by Crippen LogP contribution is 2.31. The summed E-state index contributed by atoms with van der Waals surface area (Å²) in [6.07, 6.45) is 0. The fraction of sp³-hybridized carbons (Fsp3) is 0.231. The van der Waals surface area contributed by atoms with E-state index in [1.807, 2.05) is 6.92 Å². The van der Waals surface area contributed by atoms with Gasteiger partial charge < -0.3 is 10.2 Å². The van der Waals surface area contributed by atoms with E-state index >= 15 is 0 Å². The summed E-state index contributed by atoms with van der Waals surface area (Å²) in [5.74, 6) is -0.988. The lowest BCUT2D eigenvalue weighted by molar-refractivity contribution is -0.139. The van der Waals surface area contributed by atoms with Crippen LogP contribution in [0.15, 0.2) is 71.6 Å². The molecule has 196 valence electrons. The maximum Gasteiger partial charge on any atom is 0.264 e. The normalized spacial score (nSPS) is 12.1. The molecule has 0 saturated heterocycles. The van der Waals surface area contributed by atoms with Crippen LogP contribution in [0.3, 0.4) is 0 Å². The summed E-state index contributed by atoms with van der Waals surface area (Å²) in [4.78, 5) is 27.5. The smallest absolute Gasteiger partial charge is 0.264 e. The molecule has 1 N–H and O–H groups in total. The molecule has 1 atom stereocenters. The van der Waals surface area contributed by atoms with Crippen molar-refractivity contribution in [3.63, 3.8) is 0 Å². The summed E-state index contributed by atoms with van der Waals surface area (Å²) in [5.41, 5.74) is 1.75. The van der Waals surface area contributed by atoms with Gasteiger partial charge >= 0.3 is 0 Å². The Morgan fingerprint density at radius 3 is 2.11 bits per heavy atom. The standard InChI is InChI=1S/C26H26Cl3N3O4S/c1-17-4-11-22(12-5-17)37(35,36)32(21-10-13-23(28)24(29)14-21)16-25(33)31(18(2)26(34)30-3)15-19-6-8-20(27)9-7-19/h4-14,18H,15-16H2,1-3H3,(H,30,34)/t18-/m1/s1. The molecule has 0 radical (unpaired) electrons. The molecule has 37 heavy (non-hydrogen) atoms. The van der Waals surface area contributed by atoms with Gasteiger partial charge in [-0.25, -0.2) is 8.42 Å². The molecule has 0 bridgehead atoms. The number of carbonyl (C=O) groups excluding carboxylic acids is 2. The van der Waals surface area contributed by atoms with Gasteiger partial charge in [-0.2, -0.15) is 0 Å². The van der Waals surface area contributed by atoms with E-state index in [0.717, 1.165) is 15.4 Å². The van der Waals surface area contributed by atoms with Crippen LogP contribution in [0.5, 0.6) is 0 Å². The third-order valence-electron chi connectivity index (χ3n) is 5.76. The number of rotatable bonds is 9. The number of likely N-dealkylation sites (N-methyl/N-ethyl adjacent to an activating group) is 1. The van der Waals surface area contributed by atoms with Crippen LogP contribution in [-0.2, 0) is 26.2 Å². The molecule has 0 aromatic heterocycles. The number of carbonyl (C=O) groups is 2. The summed E-state index contributed by atoms with van der Waals surface area (Å²) in [5, 5.41) is 3.43. The molecule has 3 aromatic carbocycles. The van der Waals surface area contributed by atoms with Crippen molar-refractivity contribution in [3.8, 4) is 0 Å². The average Bonchev–Trinajstić information content (AvgIpc) is 2.87. The van der Waals surface area contributed by atoms with Crippen molar-refractivity contribution >= 4 is 62.3 Å². The second-order valence-corrected chi connectivity index (χ2v) is 11.5. The molecule has 0 aliphatic heterocycles. The molecular formula is C26H26Cl3N3O4S. The van der Waals surface area contributed by atoms with Gasteiger partial charge in [0, 0.05) is 18.6 Å². The molecular weight excluding hydrogens is 557 g/mol. The molecule has 7 nitrogen and oxygen atoms in total. The van der Waals surface area contributed by atoms with Gasteiger partial charge in [-0.05, 0) is 61.9 Å². The predicted molar refractivity (Wildman–Crippen MR) is 148 cm³/mol. The molecule has 0 heterocycles. The van der Waals surface area contributed by atoms with Gasteiger partial charge in [0.15, 0.2) is 0 Å². The number of halogens is 3. The summed E-state index contributed by atoms with van der Waals surface area (Å²) in [6.45, 7) is 2.89. The first-order valence-electron chi connectivity index (χ1n) is 11.2. The van der Waals surface area contributed by atoms with Crippen LogP contribution < -0.4 is 9.62 Å². The highest BCUT2D eigenvalue weighted by atomic mass is 35.5. The number of anilines is 1. The fourth-order valence-electron chi connectivity index (χ4n) is 3.58. The summed E-state index contributed by atoms with van der Waals surface area (Å²) < 4.78 is 28.4. The van der Waals surface area contributed by atoms with Crippen molar-refractivity contribution in [1.82, 2.24) is 10.2 Å². The molecule has 2 amide bonds. The van der Waals surface area contributed by atoms with Crippen LogP contribution in [0.4, 0.5) is 5.69 Å². The zero-order valence-electron chi connectivity index (χ0n) is 20.4. The topological polar surface area (TPSA) is 86.8 Å². The Bertz CT molecular complexity index is 1380. The number of amides is 2. The van der Waals surface area contributed by atoms with Crippen LogP contribution in [0, 0.1) is 6.92 Å². The van der Waals surface area contributed by atoms with E-state index in [1.165, 1.54) is 42.3 Å². The SMILES string of the molecule is CNC(=O)[C@@H](C)N(Cc1ccc(Cl)cc1)C(=O)CN(c1ccc(Cl)c(Cl)c1)S(=O)(=O)c1ccc(C)cc1. The van der Waals surface area contributed by atoms with E-state index in [-0.39, 0.29) is 27.2 Å². The van der Waals surface area contributed by atoms with Gasteiger partial charge in [-0.3, -0.25) is 13.9 Å². The summed E-state index contributed by atoms with van der Waals surface area (Å²) in [7, 11) is -2.73. The zero-order valence-corrected chi connectivity index (χ0v) is 23.5. The average molecular weight is 583 g/mol. The Morgan fingerprint density at radius 2 is 1.54 bits per heavy atom. The molecule has 0 aliphatic carbocycles. The number of hydrogen-bond acceptors (Lipinski definition) is 4. The zero-order chi connectivity index (χ0) is 27.3. The van der Waals surface area contributed by atoms with Crippen LogP contribution in [0.25, 0.3) is 0 Å². The van der Waals surface area contributed by atoms with E-state index in [9.17, 15) is 18.0 Å². The molecule has 3 aromatic rings. The molecule has 0 fully saturated rings. The Kier molecular flexibility index (Phi) is 9.47. The van der Waals surface area contributed by atoms with Crippen LogP contribution in [0.1, 0.15) is 18.1 Å². The molecule has 0 aliphatic rings. The van der Waals surface area contributed by atoms with E-state index in [2.05, 4.69) is 5.32 Å². The van der Waals surface area contributed by atoms with Gasteiger partial charge in [0.05, 0.1) is 20.6 Å². The molecule has 3 rings (SSSR count). The van der Waals surface area contributed by atoms with Crippen LogP contribution in [0.2, 0.25) is 15.1 Å². The Hall–Kier alpha value is -2.78. The minimum Gasteiger partial charge on any atom is -0.357 e. The largest absolute Gasteiger partial charge is 0.357 e. The van der Waals surface area contributed by atoms with Crippen molar-refractivity contribution in [2.24, 2.45) is 0 Å². The monoisotopic (exact) mass is 581 g/mol. The Balaban J connectivity index is 2.05. The van der Waals surface area contributed by atoms with Gasteiger partial charge in [0.1, 0.15) is 12.6 Å². The highest BCUT2D eigenvalue weighted by molar-refractivity contribution is 7.92. The lowest BCUT2D eigenvalue weighted by atomic mass is 10.1. The number of aryl methyl sites for hydroxylation is 1. The lowest BCUT2D eigenvalue weighted by Gasteiger charge is -2.32. The van der Waals surface area contributed by atoms with Crippen molar-refractivity contribution in [2.75, 3.05) is 17.9 Å². The summed E-state index contributed by atoms with van der Waals surface area (Å²) >= 11 is 18.2. The Morgan fingerprint density at radius 1 is 0.919 bits per heavy atom. The van der Waals surface area contributed by atoms with Gasteiger partial charge in [0.25, 0.3) is 10.0 Å². The first kappa shape index (κ1) is 28.8. The Labute approximate surface area is 232 Å².